The van der Waals surface area contributed by atoms with E-state index in [1.807, 2.05) is 24.3 Å². The molecule has 0 bridgehead atoms. The Morgan fingerprint density at radius 3 is 2.15 bits per heavy atom. The largest absolute Gasteiger partial charge is 0.481 e. The third-order valence-electron chi connectivity index (χ3n) is 6.98. The Labute approximate surface area is 210 Å². The second-order valence-corrected chi connectivity index (χ2v) is 10.2. The number of carbonyl (C=O) groups excluding carboxylic acids is 1. The first kappa shape index (κ1) is 25.7. The lowest BCUT2D eigenvalue weighted by Gasteiger charge is -2.42. The lowest BCUT2D eigenvalue weighted by Crippen LogP contribution is -2.58. The number of amides is 1. The van der Waals surface area contributed by atoms with Gasteiger partial charge in [0.15, 0.2) is 0 Å². The van der Waals surface area contributed by atoms with Crippen molar-refractivity contribution in [3.05, 3.63) is 63.4 Å². The SMILES string of the molecule is CC1(C(=O)O)CCC(O)(C(=O)N/C(=C\c2ccc(Oc3ccccc3I)cc2)C(=O)O)C1(C)C. The van der Waals surface area contributed by atoms with Gasteiger partial charge in [-0.15, -0.1) is 0 Å². The monoisotopic (exact) mass is 579 g/mol. The Morgan fingerprint density at radius 1 is 1.00 bits per heavy atom. The van der Waals surface area contributed by atoms with Gasteiger partial charge < -0.3 is 25.4 Å². The van der Waals surface area contributed by atoms with Gasteiger partial charge in [0.1, 0.15) is 22.8 Å². The van der Waals surface area contributed by atoms with Crippen molar-refractivity contribution >= 4 is 46.5 Å². The van der Waals surface area contributed by atoms with Crippen molar-refractivity contribution in [1.82, 2.24) is 5.32 Å². The zero-order valence-corrected chi connectivity index (χ0v) is 21.1. The Kier molecular flexibility index (Phi) is 7.09. The fourth-order valence-electron chi connectivity index (χ4n) is 4.11. The number of aliphatic carboxylic acids is 2. The highest BCUT2D eigenvalue weighted by Gasteiger charge is 2.66. The number of aliphatic hydroxyl groups is 1. The van der Waals surface area contributed by atoms with Gasteiger partial charge in [-0.2, -0.15) is 0 Å². The molecule has 4 N–H and O–H groups in total. The number of para-hydroxylation sites is 1. The van der Waals surface area contributed by atoms with Gasteiger partial charge in [0.25, 0.3) is 5.91 Å². The number of ether oxygens (including phenoxy) is 1. The fraction of sp³-hybridized carbons (Fsp3) is 0.320. The molecule has 0 aromatic heterocycles. The first-order valence-corrected chi connectivity index (χ1v) is 11.6. The van der Waals surface area contributed by atoms with Crippen LogP contribution < -0.4 is 10.1 Å². The third kappa shape index (κ3) is 4.54. The summed E-state index contributed by atoms with van der Waals surface area (Å²) in [4.78, 5) is 36.6. The molecular weight excluding hydrogens is 553 g/mol. The van der Waals surface area contributed by atoms with Crippen LogP contribution >= 0.6 is 22.6 Å². The minimum Gasteiger partial charge on any atom is -0.481 e. The van der Waals surface area contributed by atoms with Crippen molar-refractivity contribution in [2.45, 2.75) is 39.2 Å². The molecule has 1 fully saturated rings. The van der Waals surface area contributed by atoms with E-state index in [4.69, 9.17) is 4.74 Å². The molecule has 1 aliphatic carbocycles. The molecule has 2 atom stereocenters. The number of benzene rings is 2. The van der Waals surface area contributed by atoms with E-state index < -0.39 is 40.0 Å². The van der Waals surface area contributed by atoms with Gasteiger partial charge in [0.05, 0.1) is 8.99 Å². The van der Waals surface area contributed by atoms with Gasteiger partial charge in [-0.3, -0.25) is 9.59 Å². The molecule has 0 radical (unpaired) electrons. The molecule has 8 nitrogen and oxygen atoms in total. The summed E-state index contributed by atoms with van der Waals surface area (Å²) in [5, 5.41) is 32.7. The Balaban J connectivity index is 1.81. The third-order valence-corrected chi connectivity index (χ3v) is 7.87. The van der Waals surface area contributed by atoms with Gasteiger partial charge in [-0.05, 0) is 78.3 Å². The van der Waals surface area contributed by atoms with E-state index in [1.165, 1.54) is 26.8 Å². The summed E-state index contributed by atoms with van der Waals surface area (Å²) >= 11 is 2.16. The van der Waals surface area contributed by atoms with Crippen LogP contribution in [0.1, 0.15) is 39.2 Å². The first-order chi connectivity index (χ1) is 15.8. The van der Waals surface area contributed by atoms with Crippen LogP contribution in [0.3, 0.4) is 0 Å². The summed E-state index contributed by atoms with van der Waals surface area (Å²) in [5.41, 5.74) is -4.70. The summed E-state index contributed by atoms with van der Waals surface area (Å²) in [6, 6.07) is 14.1. The molecule has 180 valence electrons. The molecule has 9 heteroatoms. The molecule has 2 unspecified atom stereocenters. The van der Waals surface area contributed by atoms with E-state index >= 15 is 0 Å². The number of carboxylic acid groups (broad SMARTS) is 2. The molecule has 0 aliphatic heterocycles. The summed E-state index contributed by atoms with van der Waals surface area (Å²) < 4.78 is 6.77. The predicted molar refractivity (Wildman–Crippen MR) is 133 cm³/mol. The zero-order chi connectivity index (χ0) is 25.3. The second kappa shape index (κ2) is 9.38. The Bertz CT molecular complexity index is 1160. The summed E-state index contributed by atoms with van der Waals surface area (Å²) in [7, 11) is 0. The molecular formula is C25H26INO7. The lowest BCUT2D eigenvalue weighted by atomic mass is 9.63. The standard InChI is InChI=1S/C25H26INO7/c1-23(2)24(3,22(31)32)12-13-25(23,33)21(30)27-18(20(28)29)14-15-8-10-16(11-9-15)34-19-7-5-4-6-17(19)26/h4-11,14,33H,12-13H2,1-3H3,(H,27,30)(H,28,29)(H,31,32)/b18-14-. The average molecular weight is 579 g/mol. The van der Waals surface area contributed by atoms with Crippen molar-refractivity contribution in [2.75, 3.05) is 0 Å². The van der Waals surface area contributed by atoms with E-state index in [-0.39, 0.29) is 12.8 Å². The molecule has 1 amide bonds. The summed E-state index contributed by atoms with van der Waals surface area (Å²) in [6.45, 7) is 4.49. The van der Waals surface area contributed by atoms with Crippen LogP contribution in [-0.4, -0.2) is 38.8 Å². The molecule has 1 aliphatic rings. The van der Waals surface area contributed by atoms with Crippen LogP contribution in [0.5, 0.6) is 11.5 Å². The number of rotatable bonds is 7. The van der Waals surface area contributed by atoms with E-state index in [2.05, 4.69) is 27.9 Å². The van der Waals surface area contributed by atoms with Gasteiger partial charge in [-0.1, -0.05) is 38.1 Å². The predicted octanol–water partition coefficient (Wildman–Crippen LogP) is 4.27. The maximum absolute atomic E-state index is 13.0. The second-order valence-electron chi connectivity index (χ2n) is 9.04. The van der Waals surface area contributed by atoms with Gasteiger partial charge in [0, 0.05) is 5.41 Å². The van der Waals surface area contributed by atoms with Crippen molar-refractivity contribution < 1.29 is 34.4 Å². The summed E-state index contributed by atoms with van der Waals surface area (Å²) in [6.07, 6.45) is 1.23. The van der Waals surface area contributed by atoms with E-state index in [0.29, 0.717) is 17.1 Å². The highest BCUT2D eigenvalue weighted by molar-refractivity contribution is 14.1. The Hall–Kier alpha value is -2.92. The molecule has 34 heavy (non-hydrogen) atoms. The normalized spacial score (nSPS) is 23.9. The van der Waals surface area contributed by atoms with E-state index in [1.54, 1.807) is 24.3 Å². The van der Waals surface area contributed by atoms with Crippen molar-refractivity contribution in [3.63, 3.8) is 0 Å². The molecule has 0 heterocycles. The smallest absolute Gasteiger partial charge is 0.352 e. The van der Waals surface area contributed by atoms with E-state index in [9.17, 15) is 29.7 Å². The highest BCUT2D eigenvalue weighted by Crippen LogP contribution is 2.58. The van der Waals surface area contributed by atoms with Crippen LogP contribution in [0, 0.1) is 14.4 Å². The molecule has 3 rings (SSSR count). The molecule has 2 aromatic carbocycles. The van der Waals surface area contributed by atoms with Crippen LogP contribution in [0.2, 0.25) is 0 Å². The number of hydrogen-bond acceptors (Lipinski definition) is 5. The quantitative estimate of drug-likeness (QED) is 0.285. The molecule has 2 aromatic rings. The zero-order valence-electron chi connectivity index (χ0n) is 19.0. The van der Waals surface area contributed by atoms with Gasteiger partial charge in [-0.25, -0.2) is 4.79 Å². The van der Waals surface area contributed by atoms with Crippen LogP contribution in [0.25, 0.3) is 6.08 Å². The van der Waals surface area contributed by atoms with Crippen molar-refractivity contribution in [3.8, 4) is 11.5 Å². The van der Waals surface area contributed by atoms with Gasteiger partial charge >= 0.3 is 11.9 Å². The minimum absolute atomic E-state index is 0.0766. The minimum atomic E-state index is -2.06. The van der Waals surface area contributed by atoms with Crippen LogP contribution in [-0.2, 0) is 14.4 Å². The molecule has 0 saturated heterocycles. The van der Waals surface area contributed by atoms with Crippen molar-refractivity contribution in [2.24, 2.45) is 10.8 Å². The molecule has 0 spiro atoms. The van der Waals surface area contributed by atoms with Crippen molar-refractivity contribution in [1.29, 1.82) is 0 Å². The average Bonchev–Trinajstić information content (AvgIpc) is 2.97. The first-order valence-electron chi connectivity index (χ1n) is 10.6. The van der Waals surface area contributed by atoms with Gasteiger partial charge in [0.2, 0.25) is 0 Å². The van der Waals surface area contributed by atoms with Crippen LogP contribution in [0.4, 0.5) is 0 Å². The maximum atomic E-state index is 13.0. The van der Waals surface area contributed by atoms with Crippen LogP contribution in [0.15, 0.2) is 54.2 Å². The number of carboxylic acids is 2. The van der Waals surface area contributed by atoms with E-state index in [0.717, 1.165) is 3.57 Å². The molecule has 1 saturated carbocycles. The number of halogens is 1. The topological polar surface area (TPSA) is 133 Å². The lowest BCUT2D eigenvalue weighted by molar-refractivity contribution is -0.168. The maximum Gasteiger partial charge on any atom is 0.352 e. The number of nitrogens with one attached hydrogen (secondary N) is 1. The Morgan fingerprint density at radius 2 is 1.62 bits per heavy atom. The number of hydrogen-bond donors (Lipinski definition) is 4. The highest BCUT2D eigenvalue weighted by atomic mass is 127. The number of carbonyl (C=O) groups is 3. The summed E-state index contributed by atoms with van der Waals surface area (Å²) in [5.74, 6) is -2.23. The fourth-order valence-corrected chi connectivity index (χ4v) is 4.61.